The number of para-hydroxylation sites is 1. The average Bonchev–Trinajstić information content (AvgIpc) is 3.53. The van der Waals surface area contributed by atoms with E-state index >= 15 is 0 Å². The molecular formula is C45H38N4. The van der Waals surface area contributed by atoms with Gasteiger partial charge in [0.05, 0.1) is 22.3 Å². The Morgan fingerprint density at radius 2 is 1.53 bits per heavy atom. The highest BCUT2D eigenvalue weighted by atomic mass is 15.1. The van der Waals surface area contributed by atoms with Crippen molar-refractivity contribution >= 4 is 39.0 Å². The third kappa shape index (κ3) is 5.76. The molecule has 49 heavy (non-hydrogen) atoms. The lowest BCUT2D eigenvalue weighted by molar-refractivity contribution is 0.973. The van der Waals surface area contributed by atoms with Crippen LogP contribution in [0.2, 0.25) is 0 Å². The molecule has 0 amide bonds. The van der Waals surface area contributed by atoms with Crippen LogP contribution in [0.3, 0.4) is 0 Å². The fourth-order valence-electron chi connectivity index (χ4n) is 6.97. The Labute approximate surface area is 287 Å². The lowest BCUT2D eigenvalue weighted by Gasteiger charge is -2.21. The van der Waals surface area contributed by atoms with Gasteiger partial charge in [-0.3, -0.25) is 0 Å². The van der Waals surface area contributed by atoms with E-state index < -0.39 is 0 Å². The molecule has 0 spiro atoms. The molecule has 2 aromatic heterocycles. The van der Waals surface area contributed by atoms with E-state index in [-0.39, 0.29) is 0 Å². The maximum atomic E-state index is 5.16. The van der Waals surface area contributed by atoms with Crippen LogP contribution in [0.25, 0.3) is 61.7 Å². The number of hydrogen-bond acceptors (Lipinski definition) is 3. The normalized spacial score (nSPS) is 14.9. The maximum absolute atomic E-state index is 5.16. The number of nitrogens with zero attached hydrogens (tertiary/aromatic N) is 4. The molecular weight excluding hydrogens is 597 g/mol. The molecule has 7 aromatic rings. The summed E-state index contributed by atoms with van der Waals surface area (Å²) in [6.07, 6.45) is 15.1. The van der Waals surface area contributed by atoms with E-state index in [1.807, 2.05) is 6.07 Å². The van der Waals surface area contributed by atoms with Crippen molar-refractivity contribution in [1.29, 1.82) is 0 Å². The first-order valence-electron chi connectivity index (χ1n) is 17.1. The van der Waals surface area contributed by atoms with Crippen molar-refractivity contribution in [3.8, 4) is 28.3 Å². The Morgan fingerprint density at radius 3 is 2.35 bits per heavy atom. The Morgan fingerprint density at radius 1 is 0.755 bits per heavy atom. The molecule has 238 valence electrons. The van der Waals surface area contributed by atoms with Crippen LogP contribution in [0.1, 0.15) is 37.9 Å². The first kappa shape index (κ1) is 30.3. The number of allylic oxidation sites excluding steroid dienone is 5. The molecule has 1 aliphatic rings. The topological polar surface area (TPSA) is 34.0 Å². The van der Waals surface area contributed by atoms with Gasteiger partial charge in [0.2, 0.25) is 0 Å². The Balaban J connectivity index is 1.31. The molecule has 1 aliphatic heterocycles. The van der Waals surface area contributed by atoms with E-state index in [1.165, 1.54) is 38.3 Å². The van der Waals surface area contributed by atoms with E-state index in [0.717, 1.165) is 53.2 Å². The Bertz CT molecular complexity index is 2430. The second kappa shape index (κ2) is 13.2. The van der Waals surface area contributed by atoms with Gasteiger partial charge in [0.1, 0.15) is 0 Å². The summed E-state index contributed by atoms with van der Waals surface area (Å²) in [6, 6.07) is 43.1. The van der Waals surface area contributed by atoms with E-state index in [4.69, 9.17) is 9.97 Å². The number of hydrogen-bond donors (Lipinski definition) is 0. The highest BCUT2D eigenvalue weighted by Crippen LogP contribution is 2.33. The van der Waals surface area contributed by atoms with Gasteiger partial charge in [-0.25, -0.2) is 9.97 Å². The molecule has 0 saturated carbocycles. The minimum absolute atomic E-state index is 0.711. The molecule has 0 atom stereocenters. The van der Waals surface area contributed by atoms with E-state index in [1.54, 1.807) is 0 Å². The highest BCUT2D eigenvalue weighted by Gasteiger charge is 2.19. The lowest BCUT2D eigenvalue weighted by atomic mass is 10.0. The fraction of sp³-hybridized carbons (Fsp3) is 0.111. The van der Waals surface area contributed by atoms with Gasteiger partial charge in [0.25, 0.3) is 0 Å². The quantitative estimate of drug-likeness (QED) is 0.164. The van der Waals surface area contributed by atoms with Crippen LogP contribution in [0.5, 0.6) is 0 Å². The molecule has 0 radical (unpaired) electrons. The molecule has 3 heterocycles. The molecule has 0 bridgehead atoms. The van der Waals surface area contributed by atoms with Crippen molar-refractivity contribution in [3.05, 3.63) is 168 Å². The monoisotopic (exact) mass is 634 g/mol. The summed E-state index contributed by atoms with van der Waals surface area (Å²) in [5.74, 6) is 0.711. The van der Waals surface area contributed by atoms with Crippen LogP contribution in [0.15, 0.2) is 152 Å². The fourth-order valence-corrected chi connectivity index (χ4v) is 6.97. The molecule has 0 N–H and O–H groups in total. The van der Waals surface area contributed by atoms with Crippen molar-refractivity contribution in [3.63, 3.8) is 0 Å². The van der Waals surface area contributed by atoms with Gasteiger partial charge in [-0.1, -0.05) is 122 Å². The predicted molar refractivity (Wildman–Crippen MR) is 206 cm³/mol. The minimum Gasteiger partial charge on any atom is -0.344 e. The number of rotatable bonds is 7. The van der Waals surface area contributed by atoms with Crippen LogP contribution < -0.4 is 10.2 Å². The zero-order chi connectivity index (χ0) is 33.2. The zero-order valence-electron chi connectivity index (χ0n) is 27.9. The van der Waals surface area contributed by atoms with E-state index in [9.17, 15) is 0 Å². The van der Waals surface area contributed by atoms with Crippen LogP contribution in [-0.4, -0.2) is 14.5 Å². The summed E-state index contributed by atoms with van der Waals surface area (Å²) in [7, 11) is 0. The van der Waals surface area contributed by atoms with Crippen LogP contribution in [0, 0.1) is 0 Å². The number of anilines is 1. The van der Waals surface area contributed by atoms with Crippen molar-refractivity contribution in [1.82, 2.24) is 14.5 Å². The smallest absolute Gasteiger partial charge is 0.160 e. The third-order valence-electron chi connectivity index (χ3n) is 9.31. The summed E-state index contributed by atoms with van der Waals surface area (Å²) in [5.41, 5.74) is 9.75. The molecule has 4 heteroatoms. The first-order valence-corrected chi connectivity index (χ1v) is 17.1. The van der Waals surface area contributed by atoms with E-state index in [0.29, 0.717) is 5.82 Å². The van der Waals surface area contributed by atoms with Crippen molar-refractivity contribution in [2.75, 3.05) is 4.90 Å². The van der Waals surface area contributed by atoms with Gasteiger partial charge in [-0.05, 0) is 72.7 Å². The zero-order valence-corrected chi connectivity index (χ0v) is 27.9. The Kier molecular flexibility index (Phi) is 8.20. The predicted octanol–water partition coefficient (Wildman–Crippen LogP) is 10.7. The molecule has 0 aliphatic carbocycles. The van der Waals surface area contributed by atoms with Gasteiger partial charge in [-0.2, -0.15) is 0 Å². The standard InChI is InChI=1S/C45H38N4/c1-3-5-16-32(4-2)39-30-40(33-17-8-6-9-18-33)47-45(46-39)35-20-14-23-38(29-35)49-41-24-12-13-28-48(37-21-10-7-11-22-37)31-36-27-26-34-19-15-25-42(49)43(34)44(36)41/h4-11,13-30H,3,12,31H2,1-2H3/b16-5-,28-13-,32-4+,41-24+. The van der Waals surface area contributed by atoms with Crippen molar-refractivity contribution in [2.24, 2.45) is 0 Å². The largest absolute Gasteiger partial charge is 0.344 e. The summed E-state index contributed by atoms with van der Waals surface area (Å²) >= 11 is 0. The third-order valence-corrected chi connectivity index (χ3v) is 9.31. The number of aromatic nitrogens is 3. The first-order chi connectivity index (χ1) is 24.2. The molecule has 8 rings (SSSR count). The van der Waals surface area contributed by atoms with E-state index in [2.05, 4.69) is 175 Å². The maximum Gasteiger partial charge on any atom is 0.160 e. The summed E-state index contributed by atoms with van der Waals surface area (Å²) in [4.78, 5) is 12.7. The number of benzene rings is 5. The average molecular weight is 635 g/mol. The highest BCUT2D eigenvalue weighted by molar-refractivity contribution is 6.12. The van der Waals surface area contributed by atoms with Gasteiger partial charge in [0.15, 0.2) is 5.82 Å². The van der Waals surface area contributed by atoms with Crippen LogP contribution in [-0.2, 0) is 6.54 Å². The van der Waals surface area contributed by atoms with Crippen LogP contribution in [0.4, 0.5) is 5.69 Å². The molecule has 5 aromatic carbocycles. The van der Waals surface area contributed by atoms with Gasteiger partial charge in [0, 0.05) is 46.0 Å². The summed E-state index contributed by atoms with van der Waals surface area (Å²) in [6.45, 7) is 5.01. The molecule has 0 fully saturated rings. The van der Waals surface area contributed by atoms with Crippen LogP contribution >= 0.6 is 0 Å². The van der Waals surface area contributed by atoms with Crippen molar-refractivity contribution in [2.45, 2.75) is 33.2 Å². The van der Waals surface area contributed by atoms with Gasteiger partial charge >= 0.3 is 0 Å². The second-order valence-corrected chi connectivity index (χ2v) is 12.4. The summed E-state index contributed by atoms with van der Waals surface area (Å²) < 4.78 is 2.43. The molecule has 0 saturated heterocycles. The lowest BCUT2D eigenvalue weighted by Crippen LogP contribution is -2.18. The minimum atomic E-state index is 0.711. The van der Waals surface area contributed by atoms with Gasteiger partial charge < -0.3 is 9.47 Å². The van der Waals surface area contributed by atoms with Gasteiger partial charge in [-0.15, -0.1) is 0 Å². The molecule has 4 nitrogen and oxygen atoms in total. The second-order valence-electron chi connectivity index (χ2n) is 12.4. The molecule has 0 unspecified atom stereocenters. The van der Waals surface area contributed by atoms with Crippen molar-refractivity contribution < 1.29 is 0 Å². The Hall–Kier alpha value is -6.00. The SMILES string of the molecule is C/C=C(\C=C/CC)c1cc(-c2ccccc2)nc(-c2cccc(-n3/c4c5c(ccc6cccc3c65)CN(c3ccccc3)/C=C\C\C=4)c2)n1. The summed E-state index contributed by atoms with van der Waals surface area (Å²) in [5, 5.41) is 5.09.